The number of nitrogens with zero attached hydrogens (tertiary/aromatic N) is 4. The van der Waals surface area contributed by atoms with Crippen molar-refractivity contribution < 1.29 is 17.9 Å². The first kappa shape index (κ1) is 16.2. The Balaban J connectivity index is 1.80. The van der Waals surface area contributed by atoms with Crippen molar-refractivity contribution in [3.05, 3.63) is 53.5 Å². The van der Waals surface area contributed by atoms with Gasteiger partial charge in [0.15, 0.2) is 11.5 Å². The molecule has 3 rings (SSSR count). The molecule has 0 unspecified atom stereocenters. The van der Waals surface area contributed by atoms with Gasteiger partial charge in [-0.3, -0.25) is 0 Å². The van der Waals surface area contributed by atoms with Crippen LogP contribution < -0.4 is 4.90 Å². The predicted octanol–water partition coefficient (Wildman–Crippen LogP) is 2.94. The molecule has 1 aliphatic heterocycles. The number of hydrogen-bond acceptors (Lipinski definition) is 5. The molecule has 0 saturated carbocycles. The highest BCUT2D eigenvalue weighted by Crippen LogP contribution is 2.31. The second-order valence-electron chi connectivity index (χ2n) is 5.27. The summed E-state index contributed by atoms with van der Waals surface area (Å²) in [7, 11) is 0. The number of benzene rings is 1. The minimum atomic E-state index is -4.36. The molecule has 0 bridgehead atoms. The molecule has 5 nitrogen and oxygen atoms in total. The molecule has 1 saturated heterocycles. The Bertz CT molecular complexity index is 755. The summed E-state index contributed by atoms with van der Waals surface area (Å²) in [6.07, 6.45) is -1.82. The summed E-state index contributed by atoms with van der Waals surface area (Å²) in [5, 5.41) is 9.12. The molecule has 124 valence electrons. The molecule has 2 aromatic rings. The van der Waals surface area contributed by atoms with E-state index < -0.39 is 17.8 Å². The maximum atomic E-state index is 12.6. The number of alkyl halides is 3. The van der Waals surface area contributed by atoms with Crippen LogP contribution in [0.4, 0.5) is 19.0 Å². The number of anilines is 1. The summed E-state index contributed by atoms with van der Waals surface area (Å²) < 4.78 is 43.6. The minimum absolute atomic E-state index is 0.213. The lowest BCUT2D eigenvalue weighted by molar-refractivity contribution is -0.137. The number of rotatable bonds is 2. The maximum Gasteiger partial charge on any atom is 0.416 e. The Morgan fingerprint density at radius 1 is 1.17 bits per heavy atom. The molecular formula is C16H13F3N4O. The van der Waals surface area contributed by atoms with Crippen LogP contribution >= 0.6 is 0 Å². The van der Waals surface area contributed by atoms with Crippen LogP contribution in [0, 0.1) is 11.3 Å². The van der Waals surface area contributed by atoms with Gasteiger partial charge in [0, 0.05) is 25.5 Å². The molecule has 1 atom stereocenters. The van der Waals surface area contributed by atoms with E-state index in [0.717, 1.165) is 12.1 Å². The fourth-order valence-corrected chi connectivity index (χ4v) is 2.57. The molecule has 1 aromatic heterocycles. The second kappa shape index (κ2) is 6.45. The van der Waals surface area contributed by atoms with Gasteiger partial charge in [0.1, 0.15) is 12.2 Å². The predicted molar refractivity (Wildman–Crippen MR) is 79.1 cm³/mol. The van der Waals surface area contributed by atoms with E-state index >= 15 is 0 Å². The van der Waals surface area contributed by atoms with Gasteiger partial charge in [-0.2, -0.15) is 18.4 Å². The third-order valence-electron chi connectivity index (χ3n) is 3.76. The van der Waals surface area contributed by atoms with Crippen molar-refractivity contribution in [2.75, 3.05) is 24.6 Å². The standard InChI is InChI=1S/C16H13F3N4O/c17-16(18,19)12-3-1-11(2-4-12)14-10-23(7-8-24-14)15-13(9-20)21-5-6-22-15/h1-6,14H,7-8,10H2/t14-/m1/s1. The lowest BCUT2D eigenvalue weighted by Gasteiger charge is -2.34. The molecule has 1 aromatic carbocycles. The fraction of sp³-hybridized carbons (Fsp3) is 0.312. The van der Waals surface area contributed by atoms with Gasteiger partial charge in [-0.05, 0) is 17.7 Å². The van der Waals surface area contributed by atoms with E-state index in [1.807, 2.05) is 11.0 Å². The molecule has 0 aliphatic carbocycles. The average Bonchev–Trinajstić information content (AvgIpc) is 2.61. The lowest BCUT2D eigenvalue weighted by Crippen LogP contribution is -2.39. The lowest BCUT2D eigenvalue weighted by atomic mass is 10.1. The monoisotopic (exact) mass is 334 g/mol. The molecule has 0 amide bonds. The summed E-state index contributed by atoms with van der Waals surface area (Å²) in [6, 6.07) is 6.91. The van der Waals surface area contributed by atoms with Crippen LogP contribution in [0.2, 0.25) is 0 Å². The van der Waals surface area contributed by atoms with Crippen molar-refractivity contribution in [3.8, 4) is 6.07 Å². The van der Waals surface area contributed by atoms with E-state index in [1.54, 1.807) is 0 Å². The van der Waals surface area contributed by atoms with Gasteiger partial charge >= 0.3 is 6.18 Å². The molecule has 0 spiro atoms. The average molecular weight is 334 g/mol. The Labute approximate surface area is 136 Å². The number of morpholine rings is 1. The molecule has 0 radical (unpaired) electrons. The van der Waals surface area contributed by atoms with E-state index in [9.17, 15) is 13.2 Å². The van der Waals surface area contributed by atoms with Gasteiger partial charge in [0.2, 0.25) is 0 Å². The quantitative estimate of drug-likeness (QED) is 0.845. The molecular weight excluding hydrogens is 321 g/mol. The van der Waals surface area contributed by atoms with Gasteiger partial charge in [0.25, 0.3) is 0 Å². The smallest absolute Gasteiger partial charge is 0.370 e. The summed E-state index contributed by atoms with van der Waals surface area (Å²) in [5.41, 5.74) is 0.167. The molecule has 0 N–H and O–H groups in total. The van der Waals surface area contributed by atoms with E-state index in [0.29, 0.717) is 31.1 Å². The second-order valence-corrected chi connectivity index (χ2v) is 5.27. The van der Waals surface area contributed by atoms with Crippen molar-refractivity contribution >= 4 is 5.82 Å². The Kier molecular flexibility index (Phi) is 4.36. The van der Waals surface area contributed by atoms with Gasteiger partial charge < -0.3 is 9.64 Å². The number of halogens is 3. The van der Waals surface area contributed by atoms with Crippen LogP contribution in [0.25, 0.3) is 0 Å². The number of aromatic nitrogens is 2. The first-order valence-electron chi connectivity index (χ1n) is 7.24. The van der Waals surface area contributed by atoms with Gasteiger partial charge in [-0.25, -0.2) is 9.97 Å². The third kappa shape index (κ3) is 3.31. The molecule has 1 fully saturated rings. The highest BCUT2D eigenvalue weighted by molar-refractivity contribution is 5.50. The summed E-state index contributed by atoms with van der Waals surface area (Å²) in [6.45, 7) is 1.30. The number of nitriles is 1. The zero-order valence-corrected chi connectivity index (χ0v) is 12.5. The summed E-state index contributed by atoms with van der Waals surface area (Å²) in [4.78, 5) is 10.0. The van der Waals surface area contributed by atoms with Crippen LogP contribution in [0.1, 0.15) is 22.9 Å². The SMILES string of the molecule is N#Cc1nccnc1N1CCO[C@@H](c2ccc(C(F)(F)F)cc2)C1. The van der Waals surface area contributed by atoms with Gasteiger partial charge in [-0.15, -0.1) is 0 Å². The normalized spacial score (nSPS) is 18.2. The first-order valence-corrected chi connectivity index (χ1v) is 7.24. The first-order chi connectivity index (χ1) is 11.5. The zero-order valence-electron chi connectivity index (χ0n) is 12.5. The molecule has 8 heteroatoms. The van der Waals surface area contributed by atoms with E-state index in [1.165, 1.54) is 24.5 Å². The Morgan fingerprint density at radius 2 is 1.88 bits per heavy atom. The summed E-state index contributed by atoms with van der Waals surface area (Å²) >= 11 is 0. The van der Waals surface area contributed by atoms with E-state index in [-0.39, 0.29) is 5.69 Å². The summed E-state index contributed by atoms with van der Waals surface area (Å²) in [5.74, 6) is 0.459. The van der Waals surface area contributed by atoms with Crippen LogP contribution in [0.15, 0.2) is 36.7 Å². The van der Waals surface area contributed by atoms with Crippen LogP contribution in [0.5, 0.6) is 0 Å². The van der Waals surface area contributed by atoms with Crippen molar-refractivity contribution in [2.45, 2.75) is 12.3 Å². The number of ether oxygens (including phenoxy) is 1. The van der Waals surface area contributed by atoms with Crippen LogP contribution in [-0.4, -0.2) is 29.7 Å². The molecule has 24 heavy (non-hydrogen) atoms. The van der Waals surface area contributed by atoms with Crippen LogP contribution in [-0.2, 0) is 10.9 Å². The van der Waals surface area contributed by atoms with Crippen LogP contribution in [0.3, 0.4) is 0 Å². The zero-order chi connectivity index (χ0) is 17.2. The largest absolute Gasteiger partial charge is 0.416 e. The van der Waals surface area contributed by atoms with E-state index in [2.05, 4.69) is 9.97 Å². The highest BCUT2D eigenvalue weighted by atomic mass is 19.4. The Morgan fingerprint density at radius 3 is 2.54 bits per heavy atom. The molecule has 2 heterocycles. The van der Waals surface area contributed by atoms with Crippen molar-refractivity contribution in [1.82, 2.24) is 9.97 Å². The number of hydrogen-bond donors (Lipinski definition) is 0. The highest BCUT2D eigenvalue weighted by Gasteiger charge is 2.31. The van der Waals surface area contributed by atoms with Gasteiger partial charge in [-0.1, -0.05) is 12.1 Å². The van der Waals surface area contributed by atoms with Crippen molar-refractivity contribution in [1.29, 1.82) is 5.26 Å². The fourth-order valence-electron chi connectivity index (χ4n) is 2.57. The topological polar surface area (TPSA) is 62.0 Å². The minimum Gasteiger partial charge on any atom is -0.370 e. The molecule has 1 aliphatic rings. The third-order valence-corrected chi connectivity index (χ3v) is 3.76. The van der Waals surface area contributed by atoms with Gasteiger partial charge in [0.05, 0.1) is 12.2 Å². The van der Waals surface area contributed by atoms with Crippen molar-refractivity contribution in [3.63, 3.8) is 0 Å². The maximum absolute atomic E-state index is 12.6. The van der Waals surface area contributed by atoms with Crippen molar-refractivity contribution in [2.24, 2.45) is 0 Å². The van der Waals surface area contributed by atoms with E-state index in [4.69, 9.17) is 10.00 Å². The Hall–Kier alpha value is -2.66.